The number of carbonyl (C=O) groups excluding carboxylic acids is 1. The zero-order valence-corrected chi connectivity index (χ0v) is 16.5. The molecule has 2 aliphatic heterocycles. The van der Waals surface area contributed by atoms with Crippen LogP contribution in [0.25, 0.3) is 0 Å². The summed E-state index contributed by atoms with van der Waals surface area (Å²) >= 11 is 0. The number of amides is 1. The number of piperidine rings is 1. The van der Waals surface area contributed by atoms with Gasteiger partial charge in [0.1, 0.15) is 12.4 Å². The molecule has 2 heterocycles. The van der Waals surface area contributed by atoms with Gasteiger partial charge in [0, 0.05) is 31.3 Å². The summed E-state index contributed by atoms with van der Waals surface area (Å²) in [7, 11) is -3.15. The molecule has 0 aromatic heterocycles. The highest BCUT2D eigenvalue weighted by Crippen LogP contribution is 2.19. The Morgan fingerprint density at radius 3 is 2.74 bits per heavy atom. The molecule has 1 aromatic rings. The number of ether oxygens (including phenoxy) is 2. The minimum absolute atomic E-state index is 0.0164. The minimum atomic E-state index is -3.15. The van der Waals surface area contributed by atoms with Gasteiger partial charge in [-0.1, -0.05) is 6.07 Å². The van der Waals surface area contributed by atoms with E-state index in [1.54, 1.807) is 25.1 Å². The van der Waals surface area contributed by atoms with Gasteiger partial charge in [0.15, 0.2) is 0 Å². The van der Waals surface area contributed by atoms with E-state index in [1.165, 1.54) is 4.31 Å². The lowest BCUT2D eigenvalue weighted by atomic mass is 10.1. The van der Waals surface area contributed by atoms with Gasteiger partial charge in [-0.25, -0.2) is 12.7 Å². The van der Waals surface area contributed by atoms with Crippen molar-refractivity contribution in [3.05, 3.63) is 29.8 Å². The van der Waals surface area contributed by atoms with Crippen LogP contribution in [0.5, 0.6) is 5.75 Å². The van der Waals surface area contributed by atoms with Gasteiger partial charge in [0.05, 0.1) is 11.9 Å². The fourth-order valence-electron chi connectivity index (χ4n) is 3.42. The number of nitrogens with one attached hydrogen (secondary N) is 1. The van der Waals surface area contributed by atoms with Crippen LogP contribution in [0.2, 0.25) is 0 Å². The molecule has 1 aromatic carbocycles. The molecule has 0 bridgehead atoms. The van der Waals surface area contributed by atoms with Crippen molar-refractivity contribution in [2.75, 3.05) is 32.1 Å². The van der Waals surface area contributed by atoms with Crippen LogP contribution in [0.4, 0.5) is 0 Å². The lowest BCUT2D eigenvalue weighted by Gasteiger charge is -2.31. The Balaban J connectivity index is 1.50. The summed E-state index contributed by atoms with van der Waals surface area (Å²) in [5.74, 6) is 0.610. The predicted molar refractivity (Wildman–Crippen MR) is 102 cm³/mol. The predicted octanol–water partition coefficient (Wildman–Crippen LogP) is 1.79. The molecule has 3 rings (SSSR count). The molecule has 2 saturated heterocycles. The molecule has 1 atom stereocenters. The van der Waals surface area contributed by atoms with E-state index in [1.807, 2.05) is 6.07 Å². The van der Waals surface area contributed by atoms with E-state index in [0.29, 0.717) is 43.9 Å². The third-order valence-corrected chi connectivity index (χ3v) is 6.98. The van der Waals surface area contributed by atoms with E-state index in [9.17, 15) is 13.2 Å². The quantitative estimate of drug-likeness (QED) is 0.760. The molecule has 1 N–H and O–H groups in total. The Labute approximate surface area is 161 Å². The fourth-order valence-corrected chi connectivity index (χ4v) is 4.55. The number of hydrogen-bond donors (Lipinski definition) is 1. The van der Waals surface area contributed by atoms with Crippen molar-refractivity contribution in [1.82, 2.24) is 9.62 Å². The van der Waals surface area contributed by atoms with E-state index in [0.717, 1.165) is 19.4 Å². The van der Waals surface area contributed by atoms with Crippen molar-refractivity contribution in [1.29, 1.82) is 0 Å². The second kappa shape index (κ2) is 9.03. The maximum absolute atomic E-state index is 12.5. The van der Waals surface area contributed by atoms with Gasteiger partial charge in [-0.2, -0.15) is 0 Å². The Bertz CT molecular complexity index is 738. The van der Waals surface area contributed by atoms with E-state index in [2.05, 4.69) is 5.32 Å². The monoisotopic (exact) mass is 396 g/mol. The maximum atomic E-state index is 12.5. The van der Waals surface area contributed by atoms with E-state index >= 15 is 0 Å². The van der Waals surface area contributed by atoms with Crippen LogP contribution in [0.3, 0.4) is 0 Å². The first kappa shape index (κ1) is 20.1. The molecule has 1 unspecified atom stereocenters. The highest BCUT2D eigenvalue weighted by atomic mass is 32.2. The zero-order valence-electron chi connectivity index (χ0n) is 15.7. The van der Waals surface area contributed by atoms with Crippen LogP contribution in [0.15, 0.2) is 24.3 Å². The van der Waals surface area contributed by atoms with Gasteiger partial charge in [0.25, 0.3) is 5.91 Å². The number of carbonyl (C=O) groups is 1. The molecule has 1 amide bonds. The summed E-state index contributed by atoms with van der Waals surface area (Å²) in [4.78, 5) is 12.5. The van der Waals surface area contributed by atoms with Crippen molar-refractivity contribution < 1.29 is 22.7 Å². The summed E-state index contributed by atoms with van der Waals surface area (Å²) < 4.78 is 36.6. The van der Waals surface area contributed by atoms with Crippen LogP contribution in [-0.2, 0) is 14.8 Å². The van der Waals surface area contributed by atoms with Gasteiger partial charge in [-0.05, 0) is 50.8 Å². The third-order valence-electron chi connectivity index (χ3n) is 5.10. The molecule has 8 heteroatoms. The van der Waals surface area contributed by atoms with Crippen molar-refractivity contribution in [2.24, 2.45) is 0 Å². The van der Waals surface area contributed by atoms with Crippen molar-refractivity contribution in [3.8, 4) is 5.75 Å². The van der Waals surface area contributed by atoms with E-state index in [4.69, 9.17) is 9.47 Å². The molecule has 0 aliphatic carbocycles. The molecule has 7 nitrogen and oxygen atoms in total. The highest BCUT2D eigenvalue weighted by molar-refractivity contribution is 7.89. The lowest BCUT2D eigenvalue weighted by Crippen LogP contribution is -2.46. The molecular formula is C19H28N2O5S. The standard InChI is InChI=1S/C19H28N2O5S/c1-2-27(23,24)21-10-8-16(9-11-21)20-19(22)15-5-3-6-17(13-15)26-14-18-7-4-12-25-18/h3,5-6,13,16,18H,2,4,7-12,14H2,1H3,(H,20,22). The van der Waals surface area contributed by atoms with Gasteiger partial charge in [-0.3, -0.25) is 4.79 Å². The second-order valence-electron chi connectivity index (χ2n) is 7.02. The van der Waals surface area contributed by atoms with Gasteiger partial charge < -0.3 is 14.8 Å². The largest absolute Gasteiger partial charge is 0.491 e. The Morgan fingerprint density at radius 2 is 2.07 bits per heavy atom. The first-order chi connectivity index (χ1) is 13.0. The minimum Gasteiger partial charge on any atom is -0.491 e. The van der Waals surface area contributed by atoms with Crippen molar-refractivity contribution in [3.63, 3.8) is 0 Å². The van der Waals surface area contributed by atoms with Crippen molar-refractivity contribution >= 4 is 15.9 Å². The Hall–Kier alpha value is -1.64. The highest BCUT2D eigenvalue weighted by Gasteiger charge is 2.27. The van der Waals surface area contributed by atoms with E-state index in [-0.39, 0.29) is 23.8 Å². The second-order valence-corrected chi connectivity index (χ2v) is 9.28. The zero-order chi connectivity index (χ0) is 19.3. The summed E-state index contributed by atoms with van der Waals surface area (Å²) in [5, 5.41) is 3.01. The van der Waals surface area contributed by atoms with Crippen LogP contribution in [-0.4, -0.2) is 62.8 Å². The molecule has 27 heavy (non-hydrogen) atoms. The molecule has 150 valence electrons. The van der Waals surface area contributed by atoms with Crippen LogP contribution < -0.4 is 10.1 Å². The van der Waals surface area contributed by atoms with Gasteiger partial charge >= 0.3 is 0 Å². The van der Waals surface area contributed by atoms with Crippen LogP contribution in [0.1, 0.15) is 43.0 Å². The normalized spacial score (nSPS) is 21.9. The average molecular weight is 397 g/mol. The summed E-state index contributed by atoms with van der Waals surface area (Å²) in [6.07, 6.45) is 3.45. The topological polar surface area (TPSA) is 84.9 Å². The van der Waals surface area contributed by atoms with Gasteiger partial charge in [-0.15, -0.1) is 0 Å². The number of nitrogens with zero attached hydrogens (tertiary/aromatic N) is 1. The molecule has 0 saturated carbocycles. The lowest BCUT2D eigenvalue weighted by molar-refractivity contribution is 0.0679. The number of rotatable bonds is 7. The third kappa shape index (κ3) is 5.43. The summed E-state index contributed by atoms with van der Waals surface area (Å²) in [6.45, 7) is 3.83. The van der Waals surface area contributed by atoms with Crippen LogP contribution >= 0.6 is 0 Å². The summed E-state index contributed by atoms with van der Waals surface area (Å²) in [6, 6.07) is 7.11. The Kier molecular flexibility index (Phi) is 6.73. The van der Waals surface area contributed by atoms with Crippen LogP contribution in [0, 0.1) is 0 Å². The molecule has 0 spiro atoms. The SMILES string of the molecule is CCS(=O)(=O)N1CCC(NC(=O)c2cccc(OCC3CCCO3)c2)CC1. The molecule has 0 radical (unpaired) electrons. The molecular weight excluding hydrogens is 368 g/mol. The maximum Gasteiger partial charge on any atom is 0.251 e. The first-order valence-electron chi connectivity index (χ1n) is 9.61. The Morgan fingerprint density at radius 1 is 1.30 bits per heavy atom. The first-order valence-corrected chi connectivity index (χ1v) is 11.2. The number of sulfonamides is 1. The van der Waals surface area contributed by atoms with Gasteiger partial charge in [0.2, 0.25) is 10.0 Å². The summed E-state index contributed by atoms with van der Waals surface area (Å²) in [5.41, 5.74) is 0.545. The fraction of sp³-hybridized carbons (Fsp3) is 0.632. The van der Waals surface area contributed by atoms with Crippen molar-refractivity contribution in [2.45, 2.75) is 44.8 Å². The number of hydrogen-bond acceptors (Lipinski definition) is 5. The molecule has 2 aliphatic rings. The smallest absolute Gasteiger partial charge is 0.251 e. The number of benzene rings is 1. The molecule has 2 fully saturated rings. The average Bonchev–Trinajstić information content (AvgIpc) is 3.21. The van der Waals surface area contributed by atoms with E-state index < -0.39 is 10.0 Å².